The van der Waals surface area contributed by atoms with Gasteiger partial charge in [0.15, 0.2) is 0 Å². The molecule has 0 saturated carbocycles. The van der Waals surface area contributed by atoms with E-state index in [9.17, 15) is 9.18 Å². The molecule has 1 unspecified atom stereocenters. The van der Waals surface area contributed by atoms with Crippen molar-refractivity contribution in [3.63, 3.8) is 0 Å². The van der Waals surface area contributed by atoms with Gasteiger partial charge in [-0.3, -0.25) is 4.79 Å². The number of anilines is 1. The normalized spacial score (nSPS) is 17.3. The molecule has 0 bridgehead atoms. The van der Waals surface area contributed by atoms with Gasteiger partial charge in [-0.15, -0.1) is 11.8 Å². The number of carbonyl (C=O) groups is 1. The van der Waals surface area contributed by atoms with E-state index in [0.717, 1.165) is 37.7 Å². The first kappa shape index (κ1) is 17.6. The molecular weight excluding hydrogens is 319 g/mol. The van der Waals surface area contributed by atoms with Crippen LogP contribution in [0.15, 0.2) is 12.1 Å². The van der Waals surface area contributed by atoms with E-state index >= 15 is 0 Å². The highest BCUT2D eigenvalue weighted by atomic mass is 32.2. The van der Waals surface area contributed by atoms with Gasteiger partial charge in [0, 0.05) is 18.4 Å². The molecule has 0 aromatic heterocycles. The van der Waals surface area contributed by atoms with E-state index in [1.165, 1.54) is 24.9 Å². The van der Waals surface area contributed by atoms with Crippen molar-refractivity contribution in [2.75, 3.05) is 30.5 Å². The molecule has 124 valence electrons. The number of amides is 1. The molecular formula is C16H19FN2O3S. The fraction of sp³-hybridized carbons (Fsp3) is 0.500. The minimum absolute atomic E-state index is 0.0142. The minimum atomic E-state index is -0.656. The van der Waals surface area contributed by atoms with Crippen molar-refractivity contribution >= 4 is 23.4 Å². The Balaban J connectivity index is 1.86. The SMILES string of the molecule is COc1cc(NC(=O)CSCC2CCCCO2)c(F)cc1C#N. The molecule has 0 spiro atoms. The second-order valence-electron chi connectivity index (χ2n) is 5.20. The molecule has 2 rings (SSSR count). The summed E-state index contributed by atoms with van der Waals surface area (Å²) in [6, 6.07) is 4.22. The summed E-state index contributed by atoms with van der Waals surface area (Å²) in [6.45, 7) is 0.785. The molecule has 1 aliphatic rings. The molecule has 1 aromatic carbocycles. The zero-order chi connectivity index (χ0) is 16.7. The van der Waals surface area contributed by atoms with Crippen LogP contribution in [-0.2, 0) is 9.53 Å². The molecule has 5 nitrogen and oxygen atoms in total. The lowest BCUT2D eigenvalue weighted by atomic mass is 10.1. The molecule has 1 aromatic rings. The van der Waals surface area contributed by atoms with Gasteiger partial charge >= 0.3 is 0 Å². The molecule has 1 heterocycles. The lowest BCUT2D eigenvalue weighted by Gasteiger charge is -2.21. The number of benzene rings is 1. The number of ether oxygens (including phenoxy) is 2. The van der Waals surface area contributed by atoms with E-state index in [4.69, 9.17) is 14.7 Å². The fourth-order valence-corrected chi connectivity index (χ4v) is 3.21. The summed E-state index contributed by atoms with van der Waals surface area (Å²) in [5.41, 5.74) is 0.104. The quantitative estimate of drug-likeness (QED) is 0.863. The van der Waals surface area contributed by atoms with Crippen LogP contribution in [0.1, 0.15) is 24.8 Å². The molecule has 1 N–H and O–H groups in total. The first-order valence-electron chi connectivity index (χ1n) is 7.41. The lowest BCUT2D eigenvalue weighted by molar-refractivity contribution is -0.113. The third-order valence-corrected chi connectivity index (χ3v) is 4.57. The highest BCUT2D eigenvalue weighted by Gasteiger charge is 2.16. The average molecular weight is 338 g/mol. The van der Waals surface area contributed by atoms with Crippen LogP contribution in [0, 0.1) is 17.1 Å². The van der Waals surface area contributed by atoms with E-state index in [-0.39, 0.29) is 34.8 Å². The van der Waals surface area contributed by atoms with Gasteiger partial charge in [0.1, 0.15) is 17.6 Å². The van der Waals surface area contributed by atoms with E-state index in [1.54, 1.807) is 0 Å². The van der Waals surface area contributed by atoms with Crippen LogP contribution < -0.4 is 10.1 Å². The Morgan fingerprint density at radius 3 is 3.04 bits per heavy atom. The van der Waals surface area contributed by atoms with Gasteiger partial charge in [0.25, 0.3) is 0 Å². The van der Waals surface area contributed by atoms with Crippen molar-refractivity contribution in [1.29, 1.82) is 5.26 Å². The zero-order valence-corrected chi connectivity index (χ0v) is 13.7. The maximum Gasteiger partial charge on any atom is 0.234 e. The first-order valence-corrected chi connectivity index (χ1v) is 8.56. The predicted molar refractivity (Wildman–Crippen MR) is 87.2 cm³/mol. The summed E-state index contributed by atoms with van der Waals surface area (Å²) >= 11 is 1.47. The number of carbonyl (C=O) groups excluding carboxylic acids is 1. The first-order chi connectivity index (χ1) is 11.1. The molecule has 1 atom stereocenters. The van der Waals surface area contributed by atoms with E-state index in [2.05, 4.69) is 5.32 Å². The third kappa shape index (κ3) is 5.12. The Labute approximate surface area is 139 Å². The highest BCUT2D eigenvalue weighted by Crippen LogP contribution is 2.26. The van der Waals surface area contributed by atoms with Gasteiger partial charge in [-0.2, -0.15) is 5.26 Å². The number of hydrogen-bond acceptors (Lipinski definition) is 5. The van der Waals surface area contributed by atoms with Crippen molar-refractivity contribution < 1.29 is 18.7 Å². The molecule has 7 heteroatoms. The third-order valence-electron chi connectivity index (χ3n) is 3.49. The number of thioether (sulfide) groups is 1. The number of nitrogens with one attached hydrogen (secondary N) is 1. The molecule has 1 amide bonds. The van der Waals surface area contributed by atoms with Gasteiger partial charge in [-0.1, -0.05) is 0 Å². The van der Waals surface area contributed by atoms with Crippen LogP contribution in [0.5, 0.6) is 5.75 Å². The van der Waals surface area contributed by atoms with Crippen LogP contribution in [0.4, 0.5) is 10.1 Å². The Hall–Kier alpha value is -1.78. The fourth-order valence-electron chi connectivity index (χ4n) is 2.31. The monoisotopic (exact) mass is 338 g/mol. The van der Waals surface area contributed by atoms with Gasteiger partial charge in [0.2, 0.25) is 5.91 Å². The summed E-state index contributed by atoms with van der Waals surface area (Å²) in [7, 11) is 1.39. The Bertz CT molecular complexity index is 598. The van der Waals surface area contributed by atoms with Crippen LogP contribution >= 0.6 is 11.8 Å². The van der Waals surface area contributed by atoms with E-state index < -0.39 is 5.82 Å². The summed E-state index contributed by atoms with van der Waals surface area (Å²) in [4.78, 5) is 11.9. The maximum atomic E-state index is 13.9. The van der Waals surface area contributed by atoms with Crippen LogP contribution in [0.25, 0.3) is 0 Å². The largest absolute Gasteiger partial charge is 0.495 e. The van der Waals surface area contributed by atoms with Crippen molar-refractivity contribution in [2.45, 2.75) is 25.4 Å². The van der Waals surface area contributed by atoms with Crippen molar-refractivity contribution in [2.24, 2.45) is 0 Å². The van der Waals surface area contributed by atoms with Crippen molar-refractivity contribution in [3.8, 4) is 11.8 Å². The smallest absolute Gasteiger partial charge is 0.234 e. The van der Waals surface area contributed by atoms with Crippen LogP contribution in [0.3, 0.4) is 0 Å². The number of methoxy groups -OCH3 is 1. The molecule has 0 aliphatic carbocycles. The van der Waals surface area contributed by atoms with E-state index in [0.29, 0.717) is 0 Å². The molecule has 0 radical (unpaired) electrons. The lowest BCUT2D eigenvalue weighted by Crippen LogP contribution is -2.23. The molecule has 1 fully saturated rings. The summed E-state index contributed by atoms with van der Waals surface area (Å²) in [6.07, 6.45) is 3.49. The second-order valence-corrected chi connectivity index (χ2v) is 6.23. The maximum absolute atomic E-state index is 13.9. The van der Waals surface area contributed by atoms with Crippen molar-refractivity contribution in [3.05, 3.63) is 23.5 Å². The predicted octanol–water partition coefficient (Wildman–Crippen LogP) is 2.95. The molecule has 1 saturated heterocycles. The van der Waals surface area contributed by atoms with Crippen LogP contribution in [-0.4, -0.2) is 37.2 Å². The Morgan fingerprint density at radius 1 is 1.57 bits per heavy atom. The standard InChI is InChI=1S/C16H19FN2O3S/c1-21-15-7-14(13(17)6-11(15)8-18)19-16(20)10-23-9-12-4-2-3-5-22-12/h6-7,12H,2-5,9-10H2,1H3,(H,19,20). The van der Waals surface area contributed by atoms with Gasteiger partial charge in [-0.05, 0) is 25.3 Å². The van der Waals surface area contributed by atoms with Crippen LogP contribution in [0.2, 0.25) is 0 Å². The van der Waals surface area contributed by atoms with Gasteiger partial charge in [-0.25, -0.2) is 4.39 Å². The molecule has 23 heavy (non-hydrogen) atoms. The summed E-state index contributed by atoms with van der Waals surface area (Å²) in [5.74, 6) is 0.258. The highest BCUT2D eigenvalue weighted by molar-refractivity contribution is 8.00. The zero-order valence-electron chi connectivity index (χ0n) is 12.9. The van der Waals surface area contributed by atoms with Gasteiger partial charge in [0.05, 0.1) is 30.2 Å². The number of rotatable bonds is 6. The summed E-state index contributed by atoms with van der Waals surface area (Å²) in [5, 5.41) is 11.4. The Morgan fingerprint density at radius 2 is 2.39 bits per heavy atom. The summed E-state index contributed by atoms with van der Waals surface area (Å²) < 4.78 is 24.5. The van der Waals surface area contributed by atoms with Crippen molar-refractivity contribution in [1.82, 2.24) is 0 Å². The number of nitrogens with zero attached hydrogens (tertiary/aromatic N) is 1. The minimum Gasteiger partial charge on any atom is -0.495 e. The number of nitriles is 1. The van der Waals surface area contributed by atoms with E-state index in [1.807, 2.05) is 6.07 Å². The molecule has 1 aliphatic heterocycles. The van der Waals surface area contributed by atoms with Gasteiger partial charge < -0.3 is 14.8 Å². The average Bonchev–Trinajstić information content (AvgIpc) is 2.57. The number of hydrogen-bond donors (Lipinski definition) is 1. The topological polar surface area (TPSA) is 71.3 Å². The number of halogens is 1. The Kier molecular flexibility index (Phi) is 6.68. The second kappa shape index (κ2) is 8.75.